The molecule has 1 aromatic carbocycles. The zero-order chi connectivity index (χ0) is 12.0. The summed E-state index contributed by atoms with van der Waals surface area (Å²) in [6, 6.07) is 9.57. The van der Waals surface area contributed by atoms with E-state index in [2.05, 4.69) is 4.98 Å². The maximum absolute atomic E-state index is 11.6. The summed E-state index contributed by atoms with van der Waals surface area (Å²) in [7, 11) is 0. The van der Waals surface area contributed by atoms with Gasteiger partial charge in [0.15, 0.2) is 5.65 Å². The van der Waals surface area contributed by atoms with Gasteiger partial charge < -0.3 is 10.1 Å². The monoisotopic (exact) mass is 225 g/mol. The smallest absolute Gasteiger partial charge is 0.253 e. The molecule has 0 aliphatic rings. The molecule has 0 aliphatic carbocycles. The molecular formula is C13H11N3O. The highest BCUT2D eigenvalue weighted by molar-refractivity contribution is 6.12. The standard InChI is InChI=1S/C13H11N3O/c1-8-6-7-16-10-5-3-2-4-9(10)11(12(14)17)13(16)15-8/h2-7H,1H3,(H2,14,17). The lowest BCUT2D eigenvalue weighted by Crippen LogP contribution is -2.11. The Hall–Kier alpha value is -2.36. The number of rotatable bonds is 1. The first-order valence-electron chi connectivity index (χ1n) is 5.34. The van der Waals surface area contributed by atoms with Gasteiger partial charge in [0, 0.05) is 17.3 Å². The van der Waals surface area contributed by atoms with Gasteiger partial charge in [0.1, 0.15) is 0 Å². The average Bonchev–Trinajstić information content (AvgIpc) is 2.62. The molecule has 0 aliphatic heterocycles. The highest BCUT2D eigenvalue weighted by atomic mass is 16.1. The van der Waals surface area contributed by atoms with Crippen LogP contribution in [0.4, 0.5) is 0 Å². The number of hydrogen-bond donors (Lipinski definition) is 1. The van der Waals surface area contributed by atoms with Crippen molar-refractivity contribution in [2.45, 2.75) is 6.92 Å². The van der Waals surface area contributed by atoms with Crippen LogP contribution in [0.15, 0.2) is 36.5 Å². The van der Waals surface area contributed by atoms with Crippen LogP contribution >= 0.6 is 0 Å². The van der Waals surface area contributed by atoms with Gasteiger partial charge >= 0.3 is 0 Å². The zero-order valence-corrected chi connectivity index (χ0v) is 9.34. The normalized spacial score (nSPS) is 11.1. The Morgan fingerprint density at radius 1 is 1.29 bits per heavy atom. The van der Waals surface area contributed by atoms with Gasteiger partial charge in [-0.25, -0.2) is 4.98 Å². The van der Waals surface area contributed by atoms with Crippen molar-refractivity contribution in [3.63, 3.8) is 0 Å². The van der Waals surface area contributed by atoms with Gasteiger partial charge in [-0.2, -0.15) is 0 Å². The van der Waals surface area contributed by atoms with Gasteiger partial charge in [0.25, 0.3) is 5.91 Å². The maximum Gasteiger partial charge on any atom is 0.253 e. The third-order valence-corrected chi connectivity index (χ3v) is 2.88. The van der Waals surface area contributed by atoms with Gasteiger partial charge in [-0.3, -0.25) is 4.79 Å². The summed E-state index contributed by atoms with van der Waals surface area (Å²) in [5, 5.41) is 0.845. The lowest BCUT2D eigenvalue weighted by molar-refractivity contribution is 0.100. The van der Waals surface area contributed by atoms with Crippen LogP contribution in [-0.2, 0) is 0 Å². The number of aromatic nitrogens is 2. The molecular weight excluding hydrogens is 214 g/mol. The molecule has 2 N–H and O–H groups in total. The Kier molecular flexibility index (Phi) is 1.92. The molecule has 0 fully saturated rings. The fourth-order valence-electron chi connectivity index (χ4n) is 2.14. The van der Waals surface area contributed by atoms with E-state index >= 15 is 0 Å². The van der Waals surface area contributed by atoms with Gasteiger partial charge in [0.05, 0.1) is 11.1 Å². The molecule has 0 saturated carbocycles. The Bertz CT molecular complexity index is 743. The molecule has 2 aromatic heterocycles. The van der Waals surface area contributed by atoms with Gasteiger partial charge in [-0.15, -0.1) is 0 Å². The summed E-state index contributed by atoms with van der Waals surface area (Å²) in [6.45, 7) is 1.89. The number of hydrogen-bond acceptors (Lipinski definition) is 2. The molecule has 0 saturated heterocycles. The molecule has 0 spiro atoms. The summed E-state index contributed by atoms with van der Waals surface area (Å²) < 4.78 is 1.89. The number of para-hydroxylation sites is 1. The Balaban J connectivity index is 2.62. The van der Waals surface area contributed by atoms with Crippen molar-refractivity contribution >= 4 is 22.5 Å². The minimum Gasteiger partial charge on any atom is -0.365 e. The van der Waals surface area contributed by atoms with E-state index in [9.17, 15) is 4.79 Å². The minimum absolute atomic E-state index is 0.443. The largest absolute Gasteiger partial charge is 0.365 e. The van der Waals surface area contributed by atoms with Crippen LogP contribution < -0.4 is 5.73 Å². The number of nitrogens with two attached hydrogens (primary N) is 1. The van der Waals surface area contributed by atoms with Crippen molar-refractivity contribution in [3.05, 3.63) is 47.8 Å². The highest BCUT2D eigenvalue weighted by Gasteiger charge is 2.16. The van der Waals surface area contributed by atoms with E-state index in [1.165, 1.54) is 0 Å². The number of primary amides is 1. The van der Waals surface area contributed by atoms with E-state index in [-0.39, 0.29) is 0 Å². The first-order valence-corrected chi connectivity index (χ1v) is 5.34. The second-order valence-corrected chi connectivity index (χ2v) is 4.02. The molecule has 4 heteroatoms. The number of nitrogens with zero attached hydrogens (tertiary/aromatic N) is 2. The zero-order valence-electron chi connectivity index (χ0n) is 9.34. The van der Waals surface area contributed by atoms with E-state index in [0.717, 1.165) is 16.6 Å². The Labute approximate surface area is 97.7 Å². The van der Waals surface area contributed by atoms with Crippen molar-refractivity contribution in [1.29, 1.82) is 0 Å². The van der Waals surface area contributed by atoms with Crippen LogP contribution in [0.1, 0.15) is 16.1 Å². The van der Waals surface area contributed by atoms with E-state index in [0.29, 0.717) is 11.2 Å². The summed E-state index contributed by atoms with van der Waals surface area (Å²) >= 11 is 0. The van der Waals surface area contributed by atoms with Crippen molar-refractivity contribution in [1.82, 2.24) is 9.38 Å². The number of carbonyl (C=O) groups is 1. The van der Waals surface area contributed by atoms with Gasteiger partial charge in [-0.1, -0.05) is 18.2 Å². The number of aryl methyl sites for hydroxylation is 1. The van der Waals surface area contributed by atoms with Crippen LogP contribution in [0.5, 0.6) is 0 Å². The predicted octanol–water partition coefficient (Wildman–Crippen LogP) is 1.89. The van der Waals surface area contributed by atoms with Crippen LogP contribution in [0.25, 0.3) is 16.6 Å². The predicted molar refractivity (Wildman–Crippen MR) is 66.0 cm³/mol. The molecule has 17 heavy (non-hydrogen) atoms. The quantitative estimate of drug-likeness (QED) is 0.687. The molecule has 3 rings (SSSR count). The first kappa shape index (κ1) is 9.84. The molecule has 0 unspecified atom stereocenters. The third kappa shape index (κ3) is 1.30. The highest BCUT2D eigenvalue weighted by Crippen LogP contribution is 2.24. The molecule has 84 valence electrons. The Morgan fingerprint density at radius 2 is 2.06 bits per heavy atom. The summed E-state index contributed by atoms with van der Waals surface area (Å²) in [5.74, 6) is -0.443. The van der Waals surface area contributed by atoms with Crippen LogP contribution in [0.3, 0.4) is 0 Å². The number of fused-ring (bicyclic) bond motifs is 3. The van der Waals surface area contributed by atoms with E-state index in [1.54, 1.807) is 0 Å². The Morgan fingerprint density at radius 3 is 2.82 bits per heavy atom. The fraction of sp³-hybridized carbons (Fsp3) is 0.0769. The second kappa shape index (κ2) is 3.31. The molecule has 4 nitrogen and oxygen atoms in total. The second-order valence-electron chi connectivity index (χ2n) is 4.02. The van der Waals surface area contributed by atoms with E-state index in [1.807, 2.05) is 47.9 Å². The summed E-state index contributed by atoms with van der Waals surface area (Å²) in [4.78, 5) is 16.0. The van der Waals surface area contributed by atoms with Gasteiger partial charge in [-0.05, 0) is 19.1 Å². The van der Waals surface area contributed by atoms with Crippen LogP contribution in [0, 0.1) is 6.92 Å². The van der Waals surface area contributed by atoms with Crippen molar-refractivity contribution < 1.29 is 4.79 Å². The maximum atomic E-state index is 11.6. The van der Waals surface area contributed by atoms with Crippen molar-refractivity contribution in [2.75, 3.05) is 0 Å². The van der Waals surface area contributed by atoms with E-state index in [4.69, 9.17) is 5.73 Å². The summed E-state index contributed by atoms with van der Waals surface area (Å²) in [6.07, 6.45) is 1.91. The third-order valence-electron chi connectivity index (χ3n) is 2.88. The molecule has 2 heterocycles. The topological polar surface area (TPSA) is 60.4 Å². The number of benzene rings is 1. The van der Waals surface area contributed by atoms with Gasteiger partial charge in [0.2, 0.25) is 0 Å². The van der Waals surface area contributed by atoms with E-state index < -0.39 is 5.91 Å². The number of amides is 1. The number of carbonyl (C=O) groups excluding carboxylic acids is 1. The lowest BCUT2D eigenvalue weighted by Gasteiger charge is -1.97. The molecule has 0 atom stereocenters. The van der Waals surface area contributed by atoms with Crippen LogP contribution in [0.2, 0.25) is 0 Å². The minimum atomic E-state index is -0.443. The molecule has 0 radical (unpaired) electrons. The summed E-state index contributed by atoms with van der Waals surface area (Å²) in [5.41, 5.74) is 8.37. The molecule has 1 amide bonds. The average molecular weight is 225 g/mol. The van der Waals surface area contributed by atoms with Crippen molar-refractivity contribution in [3.8, 4) is 0 Å². The molecule has 3 aromatic rings. The van der Waals surface area contributed by atoms with Crippen LogP contribution in [-0.4, -0.2) is 15.3 Å². The molecule has 0 bridgehead atoms. The SMILES string of the molecule is Cc1ccn2c(n1)c(C(N)=O)c1ccccc12. The van der Waals surface area contributed by atoms with Crippen molar-refractivity contribution in [2.24, 2.45) is 5.73 Å². The first-order chi connectivity index (χ1) is 8.18. The lowest BCUT2D eigenvalue weighted by atomic mass is 10.1. The fourth-order valence-corrected chi connectivity index (χ4v) is 2.14.